The molecule has 0 radical (unpaired) electrons. The molecular formula is C19H22N2O2. The van der Waals surface area contributed by atoms with Crippen LogP contribution in [0.5, 0.6) is 0 Å². The van der Waals surface area contributed by atoms with Crippen molar-refractivity contribution in [3.63, 3.8) is 0 Å². The Hall–Kier alpha value is -2.62. The third-order valence-corrected chi connectivity index (χ3v) is 3.46. The van der Waals surface area contributed by atoms with E-state index in [1.807, 2.05) is 45.9 Å². The van der Waals surface area contributed by atoms with Crippen LogP contribution in [-0.2, 0) is 0 Å². The summed E-state index contributed by atoms with van der Waals surface area (Å²) in [7, 11) is 0. The van der Waals surface area contributed by atoms with E-state index in [9.17, 15) is 9.59 Å². The molecule has 4 nitrogen and oxygen atoms in total. The number of carbonyl (C=O) groups excluding carboxylic acids is 2. The minimum absolute atomic E-state index is 0.0787. The van der Waals surface area contributed by atoms with Crippen LogP contribution in [0.3, 0.4) is 0 Å². The maximum atomic E-state index is 12.3. The Morgan fingerprint density at radius 3 is 1.96 bits per heavy atom. The van der Waals surface area contributed by atoms with Gasteiger partial charge < -0.3 is 10.6 Å². The number of aryl methyl sites for hydroxylation is 2. The van der Waals surface area contributed by atoms with Crippen LogP contribution in [0.15, 0.2) is 42.5 Å². The van der Waals surface area contributed by atoms with E-state index < -0.39 is 0 Å². The van der Waals surface area contributed by atoms with Crippen molar-refractivity contribution >= 4 is 17.5 Å². The molecule has 2 amide bonds. The molecule has 0 spiro atoms. The van der Waals surface area contributed by atoms with Crippen LogP contribution in [0.4, 0.5) is 5.69 Å². The molecule has 2 N–H and O–H groups in total. The highest BCUT2D eigenvalue weighted by Crippen LogP contribution is 2.17. The molecule has 2 aromatic rings. The van der Waals surface area contributed by atoms with Gasteiger partial charge in [-0.05, 0) is 63.6 Å². The fraction of sp³-hybridized carbons (Fsp3) is 0.263. The Balaban J connectivity index is 2.09. The lowest BCUT2D eigenvalue weighted by Gasteiger charge is -2.10. The predicted molar refractivity (Wildman–Crippen MR) is 92.9 cm³/mol. The number of rotatable bonds is 4. The molecule has 0 aromatic heterocycles. The van der Waals surface area contributed by atoms with Crippen LogP contribution in [0.1, 0.15) is 45.7 Å². The number of nitrogens with one attached hydrogen (secondary N) is 2. The smallest absolute Gasteiger partial charge is 0.255 e. The molecule has 0 aliphatic carbocycles. The predicted octanol–water partition coefficient (Wildman–Crippen LogP) is 3.69. The van der Waals surface area contributed by atoms with E-state index in [-0.39, 0.29) is 17.9 Å². The fourth-order valence-corrected chi connectivity index (χ4v) is 2.27. The summed E-state index contributed by atoms with van der Waals surface area (Å²) in [5.41, 5.74) is 4.03. The molecular weight excluding hydrogens is 288 g/mol. The molecule has 0 fully saturated rings. The lowest BCUT2D eigenvalue weighted by atomic mass is 10.1. The molecule has 4 heteroatoms. The Bertz CT molecular complexity index is 719. The third kappa shape index (κ3) is 4.42. The average Bonchev–Trinajstić information content (AvgIpc) is 2.49. The van der Waals surface area contributed by atoms with Crippen molar-refractivity contribution < 1.29 is 9.59 Å². The van der Waals surface area contributed by atoms with Gasteiger partial charge in [0.05, 0.1) is 0 Å². The van der Waals surface area contributed by atoms with Crippen LogP contribution in [-0.4, -0.2) is 17.9 Å². The summed E-state index contributed by atoms with van der Waals surface area (Å²) in [6, 6.07) is 12.6. The van der Waals surface area contributed by atoms with Gasteiger partial charge in [-0.25, -0.2) is 0 Å². The van der Waals surface area contributed by atoms with Crippen molar-refractivity contribution in [3.8, 4) is 0 Å². The minimum Gasteiger partial charge on any atom is -0.350 e. The summed E-state index contributed by atoms with van der Waals surface area (Å²) in [6.45, 7) is 7.79. The Kier molecular flexibility index (Phi) is 5.16. The molecule has 0 aliphatic rings. The van der Waals surface area contributed by atoms with Gasteiger partial charge in [0.1, 0.15) is 0 Å². The maximum absolute atomic E-state index is 12.3. The van der Waals surface area contributed by atoms with E-state index in [0.29, 0.717) is 11.1 Å². The second-order valence-corrected chi connectivity index (χ2v) is 5.98. The zero-order valence-corrected chi connectivity index (χ0v) is 13.9. The SMILES string of the molecule is Cc1ccc(NC(=O)c2ccc(C(=O)NC(C)C)cc2)c(C)c1. The number of anilines is 1. The van der Waals surface area contributed by atoms with E-state index in [2.05, 4.69) is 10.6 Å². The Labute approximate surface area is 136 Å². The number of carbonyl (C=O) groups is 2. The summed E-state index contributed by atoms with van der Waals surface area (Å²) < 4.78 is 0. The first-order chi connectivity index (χ1) is 10.9. The van der Waals surface area contributed by atoms with Crippen LogP contribution in [0.2, 0.25) is 0 Å². The Morgan fingerprint density at radius 2 is 1.43 bits per heavy atom. The van der Waals surface area contributed by atoms with Gasteiger partial charge >= 0.3 is 0 Å². The highest BCUT2D eigenvalue weighted by Gasteiger charge is 2.10. The molecule has 0 atom stereocenters. The van der Waals surface area contributed by atoms with Crippen molar-refractivity contribution in [2.24, 2.45) is 0 Å². The topological polar surface area (TPSA) is 58.2 Å². The largest absolute Gasteiger partial charge is 0.350 e. The van der Waals surface area contributed by atoms with E-state index in [4.69, 9.17) is 0 Å². The maximum Gasteiger partial charge on any atom is 0.255 e. The summed E-state index contributed by atoms with van der Waals surface area (Å²) in [6.07, 6.45) is 0. The molecule has 0 bridgehead atoms. The summed E-state index contributed by atoms with van der Waals surface area (Å²) in [5, 5.41) is 5.72. The normalized spacial score (nSPS) is 10.5. The molecule has 0 aliphatic heterocycles. The number of benzene rings is 2. The van der Waals surface area contributed by atoms with Gasteiger partial charge in [-0.1, -0.05) is 17.7 Å². The molecule has 0 unspecified atom stereocenters. The van der Waals surface area contributed by atoms with Crippen LogP contribution in [0.25, 0.3) is 0 Å². The van der Waals surface area contributed by atoms with E-state index in [1.54, 1.807) is 24.3 Å². The second-order valence-electron chi connectivity index (χ2n) is 5.98. The first-order valence-corrected chi connectivity index (χ1v) is 7.66. The van der Waals surface area contributed by atoms with Crippen LogP contribution < -0.4 is 10.6 Å². The van der Waals surface area contributed by atoms with Gasteiger partial charge in [0.15, 0.2) is 0 Å². The van der Waals surface area contributed by atoms with Crippen molar-refractivity contribution in [1.29, 1.82) is 0 Å². The summed E-state index contributed by atoms with van der Waals surface area (Å²) in [5.74, 6) is -0.325. The van der Waals surface area contributed by atoms with E-state index >= 15 is 0 Å². The fourth-order valence-electron chi connectivity index (χ4n) is 2.27. The quantitative estimate of drug-likeness (QED) is 0.904. The van der Waals surface area contributed by atoms with Crippen molar-refractivity contribution in [3.05, 3.63) is 64.7 Å². The average molecular weight is 310 g/mol. The van der Waals surface area contributed by atoms with Crippen molar-refractivity contribution in [2.75, 3.05) is 5.32 Å². The minimum atomic E-state index is -0.187. The molecule has 0 saturated heterocycles. The van der Waals surface area contributed by atoms with Gasteiger partial charge in [-0.15, -0.1) is 0 Å². The van der Waals surface area contributed by atoms with Crippen molar-refractivity contribution in [2.45, 2.75) is 33.7 Å². The molecule has 2 rings (SSSR count). The van der Waals surface area contributed by atoms with E-state index in [1.165, 1.54) is 0 Å². The van der Waals surface area contributed by atoms with Gasteiger partial charge in [-0.3, -0.25) is 9.59 Å². The highest BCUT2D eigenvalue weighted by atomic mass is 16.2. The third-order valence-electron chi connectivity index (χ3n) is 3.46. The molecule has 120 valence electrons. The zero-order chi connectivity index (χ0) is 17.0. The van der Waals surface area contributed by atoms with Gasteiger partial charge in [0.25, 0.3) is 11.8 Å². The number of hydrogen-bond acceptors (Lipinski definition) is 2. The molecule has 23 heavy (non-hydrogen) atoms. The van der Waals surface area contributed by atoms with E-state index in [0.717, 1.165) is 16.8 Å². The molecule has 0 heterocycles. The lowest BCUT2D eigenvalue weighted by molar-refractivity contribution is 0.0941. The monoisotopic (exact) mass is 310 g/mol. The summed E-state index contributed by atoms with van der Waals surface area (Å²) in [4.78, 5) is 24.2. The number of amides is 2. The highest BCUT2D eigenvalue weighted by molar-refractivity contribution is 6.05. The molecule has 2 aromatic carbocycles. The van der Waals surface area contributed by atoms with Gasteiger partial charge in [0.2, 0.25) is 0 Å². The lowest BCUT2D eigenvalue weighted by Crippen LogP contribution is -2.30. The zero-order valence-electron chi connectivity index (χ0n) is 13.9. The first-order valence-electron chi connectivity index (χ1n) is 7.66. The van der Waals surface area contributed by atoms with Gasteiger partial charge in [0, 0.05) is 22.9 Å². The Morgan fingerprint density at radius 1 is 0.870 bits per heavy atom. The van der Waals surface area contributed by atoms with Crippen molar-refractivity contribution in [1.82, 2.24) is 5.32 Å². The number of hydrogen-bond donors (Lipinski definition) is 2. The first kappa shape index (κ1) is 16.7. The van der Waals surface area contributed by atoms with Gasteiger partial charge in [-0.2, -0.15) is 0 Å². The standard InChI is InChI=1S/C19H22N2O2/c1-12(2)20-18(22)15-6-8-16(9-7-15)19(23)21-17-10-5-13(3)11-14(17)4/h5-12H,1-4H3,(H,20,22)(H,21,23). The molecule has 0 saturated carbocycles. The second kappa shape index (κ2) is 7.09. The van der Waals surface area contributed by atoms with Crippen LogP contribution in [0, 0.1) is 13.8 Å². The summed E-state index contributed by atoms with van der Waals surface area (Å²) >= 11 is 0. The van der Waals surface area contributed by atoms with Crippen LogP contribution >= 0.6 is 0 Å².